The van der Waals surface area contributed by atoms with Gasteiger partial charge in [0.25, 0.3) is 5.56 Å². The molecule has 4 rings (SSSR count). The van der Waals surface area contributed by atoms with E-state index in [9.17, 15) is 14.4 Å². The Kier molecular flexibility index (Phi) is 8.13. The lowest BCUT2D eigenvalue weighted by Crippen LogP contribution is -2.25. The van der Waals surface area contributed by atoms with Gasteiger partial charge in [-0.3, -0.25) is 14.2 Å². The summed E-state index contributed by atoms with van der Waals surface area (Å²) in [6.45, 7) is 4.11. The fourth-order valence-corrected chi connectivity index (χ4v) is 5.72. The van der Waals surface area contributed by atoms with E-state index in [0.29, 0.717) is 44.6 Å². The number of fused-ring (bicyclic) bond motifs is 1. The van der Waals surface area contributed by atoms with Gasteiger partial charge >= 0.3 is 5.97 Å². The standard InChI is InChI=1S/C26H24ClN3O4S2/c1-15-16(2)36-23(22(15)25(33)34-3)29-21(31)14-35-26-28-20-7-5-4-6-19(20)24(32)30(26)13-12-17-8-10-18(27)11-9-17/h4-11H,12-14H2,1-3H3,(H,29,31). The SMILES string of the molecule is COC(=O)c1c(NC(=O)CSc2nc3ccccc3c(=O)n2CCc2ccc(Cl)cc2)sc(C)c1C. The summed E-state index contributed by atoms with van der Waals surface area (Å²) in [5.41, 5.74) is 2.59. The predicted molar refractivity (Wildman–Crippen MR) is 146 cm³/mol. The lowest BCUT2D eigenvalue weighted by Gasteiger charge is -2.13. The van der Waals surface area contributed by atoms with E-state index < -0.39 is 5.97 Å². The summed E-state index contributed by atoms with van der Waals surface area (Å²) in [7, 11) is 1.31. The van der Waals surface area contributed by atoms with Crippen molar-refractivity contribution < 1.29 is 14.3 Å². The zero-order valence-electron chi connectivity index (χ0n) is 20.0. The molecule has 0 aliphatic rings. The number of hydrogen-bond donors (Lipinski definition) is 1. The van der Waals surface area contributed by atoms with Crippen molar-refractivity contribution in [2.45, 2.75) is 32.0 Å². The van der Waals surface area contributed by atoms with E-state index in [1.54, 1.807) is 22.8 Å². The summed E-state index contributed by atoms with van der Waals surface area (Å²) in [6.07, 6.45) is 0.604. The van der Waals surface area contributed by atoms with Gasteiger partial charge in [0, 0.05) is 16.4 Å². The Morgan fingerprint density at radius 3 is 2.58 bits per heavy atom. The van der Waals surface area contributed by atoms with Crippen LogP contribution in [0.25, 0.3) is 10.9 Å². The topological polar surface area (TPSA) is 90.3 Å². The molecule has 0 spiro atoms. The van der Waals surface area contributed by atoms with Crippen molar-refractivity contribution >= 4 is 62.5 Å². The minimum atomic E-state index is -0.493. The minimum Gasteiger partial charge on any atom is -0.465 e. The highest BCUT2D eigenvalue weighted by molar-refractivity contribution is 7.99. The first-order valence-corrected chi connectivity index (χ1v) is 13.3. The predicted octanol–water partition coefficient (Wildman–Crippen LogP) is 5.49. The molecule has 7 nitrogen and oxygen atoms in total. The second-order valence-corrected chi connectivity index (χ2v) is 10.7. The Hall–Kier alpha value is -3.14. The lowest BCUT2D eigenvalue weighted by molar-refractivity contribution is -0.113. The third-order valence-corrected chi connectivity index (χ3v) is 8.08. The van der Waals surface area contributed by atoms with Crippen LogP contribution in [0.1, 0.15) is 26.4 Å². The van der Waals surface area contributed by atoms with Gasteiger partial charge in [-0.25, -0.2) is 9.78 Å². The fourth-order valence-electron chi connectivity index (χ4n) is 3.70. The number of aryl methyl sites for hydroxylation is 2. The maximum atomic E-state index is 13.3. The van der Waals surface area contributed by atoms with Gasteiger partial charge in [-0.05, 0) is 55.7 Å². The van der Waals surface area contributed by atoms with Gasteiger partial charge in [0.05, 0.1) is 29.3 Å². The van der Waals surface area contributed by atoms with Gasteiger partial charge in [-0.2, -0.15) is 0 Å². The summed E-state index contributed by atoms with van der Waals surface area (Å²) >= 11 is 8.49. The second-order valence-electron chi connectivity index (χ2n) is 8.06. The molecule has 0 aliphatic heterocycles. The molecular formula is C26H24ClN3O4S2. The van der Waals surface area contributed by atoms with Crippen molar-refractivity contribution in [2.75, 3.05) is 18.2 Å². The van der Waals surface area contributed by atoms with Crippen LogP contribution >= 0.6 is 34.7 Å². The highest BCUT2D eigenvalue weighted by Gasteiger charge is 2.22. The van der Waals surface area contributed by atoms with Crippen LogP contribution in [-0.4, -0.2) is 34.3 Å². The van der Waals surface area contributed by atoms with Gasteiger partial charge in [0.2, 0.25) is 5.91 Å². The molecule has 0 saturated heterocycles. The lowest BCUT2D eigenvalue weighted by atomic mass is 10.1. The molecule has 1 amide bonds. The Balaban J connectivity index is 1.56. The summed E-state index contributed by atoms with van der Waals surface area (Å²) in [4.78, 5) is 43.9. The Labute approximate surface area is 221 Å². The first-order chi connectivity index (χ1) is 17.3. The van der Waals surface area contributed by atoms with Gasteiger partial charge in [0.1, 0.15) is 5.00 Å². The number of rotatable bonds is 8. The third kappa shape index (κ3) is 5.64. The van der Waals surface area contributed by atoms with Crippen LogP contribution in [0.2, 0.25) is 5.02 Å². The molecule has 0 saturated carbocycles. The molecule has 0 fully saturated rings. The average molecular weight is 542 g/mol. The number of aromatic nitrogens is 2. The van der Waals surface area contributed by atoms with Crippen molar-refractivity contribution in [1.82, 2.24) is 9.55 Å². The van der Waals surface area contributed by atoms with Gasteiger partial charge in [0.15, 0.2) is 5.16 Å². The number of nitrogens with one attached hydrogen (secondary N) is 1. The van der Waals surface area contributed by atoms with Crippen molar-refractivity contribution in [1.29, 1.82) is 0 Å². The van der Waals surface area contributed by atoms with Crippen molar-refractivity contribution in [3.63, 3.8) is 0 Å². The number of anilines is 1. The maximum Gasteiger partial charge on any atom is 0.341 e. The number of carbonyl (C=O) groups excluding carboxylic acids is 2. The molecule has 0 unspecified atom stereocenters. The molecule has 0 bridgehead atoms. The summed E-state index contributed by atoms with van der Waals surface area (Å²) in [5, 5.41) is 4.90. The van der Waals surface area contributed by atoms with Crippen LogP contribution in [0.3, 0.4) is 0 Å². The number of carbonyl (C=O) groups is 2. The number of amides is 1. The van der Waals surface area contributed by atoms with Crippen LogP contribution in [0.4, 0.5) is 5.00 Å². The molecule has 10 heteroatoms. The molecule has 36 heavy (non-hydrogen) atoms. The zero-order valence-corrected chi connectivity index (χ0v) is 22.4. The van der Waals surface area contributed by atoms with Crippen LogP contribution in [0.15, 0.2) is 58.5 Å². The average Bonchev–Trinajstić information content (AvgIpc) is 3.15. The maximum absolute atomic E-state index is 13.3. The normalized spacial score (nSPS) is 11.0. The molecule has 2 heterocycles. The quantitative estimate of drug-likeness (QED) is 0.180. The summed E-state index contributed by atoms with van der Waals surface area (Å²) < 4.78 is 6.48. The van der Waals surface area contributed by atoms with Crippen LogP contribution in [0.5, 0.6) is 0 Å². The molecule has 0 atom stereocenters. The zero-order chi connectivity index (χ0) is 25.8. The number of esters is 1. The third-order valence-electron chi connectivity index (χ3n) is 5.72. The number of para-hydroxylation sites is 1. The number of ether oxygens (including phenoxy) is 1. The molecule has 2 aromatic heterocycles. The first kappa shape index (κ1) is 25.9. The molecule has 0 radical (unpaired) electrons. The van der Waals surface area contributed by atoms with E-state index in [-0.39, 0.29) is 17.2 Å². The highest BCUT2D eigenvalue weighted by atomic mass is 35.5. The van der Waals surface area contributed by atoms with Gasteiger partial charge in [-0.1, -0.05) is 47.6 Å². The molecule has 186 valence electrons. The fraction of sp³-hybridized carbons (Fsp3) is 0.231. The Morgan fingerprint density at radius 1 is 1.14 bits per heavy atom. The van der Waals surface area contributed by atoms with E-state index in [4.69, 9.17) is 16.3 Å². The second kappa shape index (κ2) is 11.3. The monoisotopic (exact) mass is 541 g/mol. The van der Waals surface area contributed by atoms with E-state index in [1.807, 2.05) is 44.2 Å². The summed E-state index contributed by atoms with van der Waals surface area (Å²) in [5.74, 6) is -0.785. The Bertz CT molecular complexity index is 1500. The van der Waals surface area contributed by atoms with E-state index in [2.05, 4.69) is 10.3 Å². The molecular weight excluding hydrogens is 518 g/mol. The van der Waals surface area contributed by atoms with Gasteiger partial charge in [-0.15, -0.1) is 11.3 Å². The number of methoxy groups -OCH3 is 1. The number of nitrogens with zero attached hydrogens (tertiary/aromatic N) is 2. The highest BCUT2D eigenvalue weighted by Crippen LogP contribution is 2.33. The van der Waals surface area contributed by atoms with Crippen LogP contribution in [0, 0.1) is 13.8 Å². The van der Waals surface area contributed by atoms with Gasteiger partial charge < -0.3 is 10.1 Å². The number of thiophene rings is 1. The Morgan fingerprint density at radius 2 is 1.86 bits per heavy atom. The minimum absolute atomic E-state index is 0.0162. The smallest absolute Gasteiger partial charge is 0.341 e. The van der Waals surface area contributed by atoms with Crippen LogP contribution < -0.4 is 10.9 Å². The number of hydrogen-bond acceptors (Lipinski definition) is 7. The molecule has 1 N–H and O–H groups in total. The molecule has 2 aromatic carbocycles. The molecule has 4 aromatic rings. The number of halogens is 1. The molecule has 0 aliphatic carbocycles. The van der Waals surface area contributed by atoms with E-state index in [1.165, 1.54) is 30.2 Å². The van der Waals surface area contributed by atoms with Crippen molar-refractivity contribution in [3.8, 4) is 0 Å². The first-order valence-electron chi connectivity index (χ1n) is 11.1. The van der Waals surface area contributed by atoms with Crippen molar-refractivity contribution in [3.05, 3.63) is 85.5 Å². The summed E-state index contributed by atoms with van der Waals surface area (Å²) in [6, 6.07) is 14.6. The number of benzene rings is 2. The van der Waals surface area contributed by atoms with E-state index >= 15 is 0 Å². The van der Waals surface area contributed by atoms with Crippen LogP contribution in [-0.2, 0) is 22.5 Å². The number of thioether (sulfide) groups is 1. The van der Waals surface area contributed by atoms with Crippen molar-refractivity contribution in [2.24, 2.45) is 0 Å². The largest absolute Gasteiger partial charge is 0.465 e. The van der Waals surface area contributed by atoms with E-state index in [0.717, 1.165) is 16.0 Å².